The Bertz CT molecular complexity index is 456. The average molecular weight is 272 g/mol. The number of anilines is 1. The zero-order valence-corrected chi connectivity index (χ0v) is 10.1. The van der Waals surface area contributed by atoms with Crippen molar-refractivity contribution in [3.05, 3.63) is 23.9 Å². The Morgan fingerprint density at radius 1 is 1.63 bits per heavy atom. The molecule has 0 amide bonds. The molecule has 1 aliphatic rings. The second-order valence-electron chi connectivity index (χ2n) is 4.37. The number of alkyl halides is 2. The second kappa shape index (κ2) is 5.92. The van der Waals surface area contributed by atoms with E-state index in [2.05, 4.69) is 9.72 Å². The number of carbonyl (C=O) groups is 1. The lowest BCUT2D eigenvalue weighted by Crippen LogP contribution is -2.24. The van der Waals surface area contributed by atoms with E-state index < -0.39 is 12.6 Å². The van der Waals surface area contributed by atoms with Crippen LogP contribution in [-0.2, 0) is 4.74 Å². The zero-order valence-electron chi connectivity index (χ0n) is 10.1. The topological polar surface area (TPSA) is 62.7 Å². The second-order valence-corrected chi connectivity index (χ2v) is 4.37. The number of aromatic carboxylic acids is 1. The molecule has 19 heavy (non-hydrogen) atoms. The molecule has 1 atom stereocenters. The summed E-state index contributed by atoms with van der Waals surface area (Å²) in [6.45, 7) is -1.72. The van der Waals surface area contributed by atoms with Crippen molar-refractivity contribution in [1.29, 1.82) is 0 Å². The van der Waals surface area contributed by atoms with Gasteiger partial charge in [0.1, 0.15) is 11.4 Å². The third-order valence-electron chi connectivity index (χ3n) is 3.06. The first kappa shape index (κ1) is 13.7. The normalized spacial score (nSPS) is 19.1. The van der Waals surface area contributed by atoms with Crippen molar-refractivity contribution in [2.45, 2.75) is 13.0 Å². The van der Waals surface area contributed by atoms with Gasteiger partial charge < -0.3 is 14.7 Å². The van der Waals surface area contributed by atoms with Gasteiger partial charge in [0.15, 0.2) is 0 Å². The van der Waals surface area contributed by atoms with Gasteiger partial charge in [0.05, 0.1) is 6.61 Å². The number of rotatable bonds is 5. The highest BCUT2D eigenvalue weighted by molar-refractivity contribution is 5.93. The van der Waals surface area contributed by atoms with E-state index in [9.17, 15) is 13.6 Å². The number of hydrogen-bond acceptors (Lipinski definition) is 4. The first-order valence-corrected chi connectivity index (χ1v) is 5.91. The first-order valence-electron chi connectivity index (χ1n) is 5.91. The van der Waals surface area contributed by atoms with Gasteiger partial charge in [0.2, 0.25) is 0 Å². The highest BCUT2D eigenvalue weighted by atomic mass is 19.3. The van der Waals surface area contributed by atoms with Gasteiger partial charge in [-0.05, 0) is 18.6 Å². The van der Waals surface area contributed by atoms with Crippen molar-refractivity contribution in [2.75, 3.05) is 24.6 Å². The summed E-state index contributed by atoms with van der Waals surface area (Å²) in [6.07, 6.45) is 2.20. The largest absolute Gasteiger partial charge is 0.478 e. The van der Waals surface area contributed by atoms with Crippen LogP contribution in [0.15, 0.2) is 18.3 Å². The molecule has 104 valence electrons. The number of carboxylic acids is 1. The maximum Gasteiger partial charge on any atom is 0.345 e. The lowest BCUT2D eigenvalue weighted by atomic mass is 10.1. The summed E-state index contributed by atoms with van der Waals surface area (Å²) >= 11 is 0. The van der Waals surface area contributed by atoms with Crippen LogP contribution < -0.4 is 4.90 Å². The molecule has 2 heterocycles. The molecule has 0 radical (unpaired) electrons. The van der Waals surface area contributed by atoms with E-state index in [0.29, 0.717) is 25.3 Å². The summed E-state index contributed by atoms with van der Waals surface area (Å²) in [4.78, 5) is 16.9. The Labute approximate surface area is 108 Å². The summed E-state index contributed by atoms with van der Waals surface area (Å²) < 4.78 is 28.2. The lowest BCUT2D eigenvalue weighted by molar-refractivity contribution is -0.136. The van der Waals surface area contributed by atoms with Crippen molar-refractivity contribution in [3.8, 4) is 0 Å². The Hall–Kier alpha value is -1.76. The smallest absolute Gasteiger partial charge is 0.345 e. The molecule has 0 aromatic carbocycles. The summed E-state index contributed by atoms with van der Waals surface area (Å²) in [7, 11) is 0. The predicted molar refractivity (Wildman–Crippen MR) is 63.5 cm³/mol. The Morgan fingerprint density at radius 3 is 3.11 bits per heavy atom. The molecule has 1 saturated heterocycles. The molecule has 0 bridgehead atoms. The molecule has 1 aliphatic heterocycles. The van der Waals surface area contributed by atoms with Gasteiger partial charge in [0.25, 0.3) is 0 Å². The van der Waals surface area contributed by atoms with Crippen LogP contribution in [-0.4, -0.2) is 42.4 Å². The van der Waals surface area contributed by atoms with Crippen LogP contribution >= 0.6 is 0 Å². The van der Waals surface area contributed by atoms with Crippen molar-refractivity contribution in [3.63, 3.8) is 0 Å². The van der Waals surface area contributed by atoms with E-state index in [1.807, 2.05) is 0 Å². The maximum absolute atomic E-state index is 12.0. The van der Waals surface area contributed by atoms with Crippen molar-refractivity contribution >= 4 is 11.8 Å². The summed E-state index contributed by atoms with van der Waals surface area (Å²) in [5.41, 5.74) is 0.123. The van der Waals surface area contributed by atoms with Crippen LogP contribution in [0.25, 0.3) is 0 Å². The number of aromatic nitrogens is 1. The Balaban J connectivity index is 2.03. The summed E-state index contributed by atoms with van der Waals surface area (Å²) in [5, 5.41) is 9.08. The van der Waals surface area contributed by atoms with E-state index in [1.54, 1.807) is 11.0 Å². The van der Waals surface area contributed by atoms with E-state index in [-0.39, 0.29) is 18.1 Å². The van der Waals surface area contributed by atoms with E-state index >= 15 is 0 Å². The fourth-order valence-electron chi connectivity index (χ4n) is 2.19. The number of ether oxygens (including phenoxy) is 1. The third-order valence-corrected chi connectivity index (χ3v) is 3.06. The van der Waals surface area contributed by atoms with Gasteiger partial charge in [-0.15, -0.1) is 0 Å². The molecule has 1 N–H and O–H groups in total. The molecular weight excluding hydrogens is 258 g/mol. The quantitative estimate of drug-likeness (QED) is 0.886. The fraction of sp³-hybridized carbons (Fsp3) is 0.500. The number of carboxylic acid groups (broad SMARTS) is 1. The van der Waals surface area contributed by atoms with Crippen molar-refractivity contribution < 1.29 is 23.4 Å². The highest BCUT2D eigenvalue weighted by Crippen LogP contribution is 2.25. The molecule has 1 unspecified atom stereocenters. The standard InChI is InChI=1S/C12H14F2N2O3/c13-12(14)19-7-8-3-5-16(6-8)10-9(11(17)18)2-1-4-15-10/h1-2,4,8,12H,3,5-7H2,(H,17,18). The molecule has 0 aliphatic carbocycles. The summed E-state index contributed by atoms with van der Waals surface area (Å²) in [5.74, 6) is -0.692. The summed E-state index contributed by atoms with van der Waals surface area (Å²) in [6, 6.07) is 3.04. The molecule has 7 heteroatoms. The highest BCUT2D eigenvalue weighted by Gasteiger charge is 2.27. The molecule has 1 aromatic heterocycles. The zero-order chi connectivity index (χ0) is 13.8. The van der Waals surface area contributed by atoms with E-state index in [4.69, 9.17) is 5.11 Å². The molecular formula is C12H14F2N2O3. The fourth-order valence-corrected chi connectivity index (χ4v) is 2.19. The van der Waals surface area contributed by atoms with Crippen molar-refractivity contribution in [2.24, 2.45) is 5.92 Å². The van der Waals surface area contributed by atoms with Gasteiger partial charge in [-0.2, -0.15) is 8.78 Å². The first-order chi connectivity index (χ1) is 9.08. The minimum absolute atomic E-state index is 0.0244. The maximum atomic E-state index is 12.0. The van der Waals surface area contributed by atoms with Gasteiger partial charge >= 0.3 is 12.6 Å². The SMILES string of the molecule is O=C(O)c1cccnc1N1CCC(COC(F)F)C1. The molecule has 1 aromatic rings. The predicted octanol–water partition coefficient (Wildman–Crippen LogP) is 1.85. The van der Waals surface area contributed by atoms with Gasteiger partial charge in [0, 0.05) is 25.2 Å². The Morgan fingerprint density at radius 2 is 2.42 bits per heavy atom. The minimum atomic E-state index is -2.77. The van der Waals surface area contributed by atoms with Gasteiger partial charge in [-0.25, -0.2) is 9.78 Å². The lowest BCUT2D eigenvalue weighted by Gasteiger charge is -2.19. The van der Waals surface area contributed by atoms with E-state index in [0.717, 1.165) is 0 Å². The van der Waals surface area contributed by atoms with Crippen LogP contribution in [0.2, 0.25) is 0 Å². The number of hydrogen-bond donors (Lipinski definition) is 1. The van der Waals surface area contributed by atoms with Crippen molar-refractivity contribution in [1.82, 2.24) is 4.98 Å². The van der Waals surface area contributed by atoms with Crippen LogP contribution in [0.3, 0.4) is 0 Å². The Kier molecular flexibility index (Phi) is 4.26. The third kappa shape index (κ3) is 3.37. The van der Waals surface area contributed by atoms with Crippen LogP contribution in [0.1, 0.15) is 16.8 Å². The molecule has 0 spiro atoms. The van der Waals surface area contributed by atoms with Gasteiger partial charge in [-0.3, -0.25) is 0 Å². The molecule has 5 nitrogen and oxygen atoms in total. The molecule has 0 saturated carbocycles. The van der Waals surface area contributed by atoms with Crippen LogP contribution in [0.5, 0.6) is 0 Å². The van der Waals surface area contributed by atoms with Crippen LogP contribution in [0.4, 0.5) is 14.6 Å². The number of halogens is 2. The number of nitrogens with zero attached hydrogens (tertiary/aromatic N) is 2. The van der Waals surface area contributed by atoms with E-state index in [1.165, 1.54) is 12.3 Å². The monoisotopic (exact) mass is 272 g/mol. The average Bonchev–Trinajstić information content (AvgIpc) is 2.85. The van der Waals surface area contributed by atoms with Gasteiger partial charge in [-0.1, -0.05) is 0 Å². The van der Waals surface area contributed by atoms with Crippen LogP contribution in [0, 0.1) is 5.92 Å². The molecule has 1 fully saturated rings. The minimum Gasteiger partial charge on any atom is -0.478 e. The number of pyridine rings is 1. The molecule has 2 rings (SSSR count).